The van der Waals surface area contributed by atoms with Gasteiger partial charge in [0, 0.05) is 35.3 Å². The third kappa shape index (κ3) is 2.81. The van der Waals surface area contributed by atoms with Gasteiger partial charge in [-0.15, -0.1) is 11.3 Å². The molecule has 0 amide bonds. The summed E-state index contributed by atoms with van der Waals surface area (Å²) in [6, 6.07) is 1.85. The van der Waals surface area contributed by atoms with Crippen molar-refractivity contribution in [2.75, 3.05) is 5.73 Å². The number of rotatable bonds is 3. The lowest BCUT2D eigenvalue weighted by Crippen LogP contribution is -2.16. The molecule has 0 aliphatic rings. The first-order valence-corrected chi connectivity index (χ1v) is 6.33. The molecule has 0 fully saturated rings. The molecule has 4 nitrogen and oxygen atoms in total. The van der Waals surface area contributed by atoms with Gasteiger partial charge in [0.25, 0.3) is 0 Å². The molecule has 0 radical (unpaired) electrons. The van der Waals surface area contributed by atoms with Crippen LogP contribution in [0.15, 0.2) is 17.6 Å². The van der Waals surface area contributed by atoms with Crippen LogP contribution in [0.25, 0.3) is 0 Å². The van der Waals surface area contributed by atoms with Crippen molar-refractivity contribution in [2.45, 2.75) is 26.3 Å². The molecule has 0 aliphatic carbocycles. The van der Waals surface area contributed by atoms with E-state index >= 15 is 0 Å². The fourth-order valence-corrected chi connectivity index (χ4v) is 2.53. The second kappa shape index (κ2) is 4.81. The zero-order chi connectivity index (χ0) is 12.4. The van der Waals surface area contributed by atoms with E-state index in [-0.39, 0.29) is 6.04 Å². The molecule has 2 aromatic rings. The van der Waals surface area contributed by atoms with Crippen molar-refractivity contribution in [1.29, 1.82) is 0 Å². The monoisotopic (exact) mass is 248 g/mol. The Kier molecular flexibility index (Phi) is 3.40. The summed E-state index contributed by atoms with van der Waals surface area (Å²) < 4.78 is 0. The zero-order valence-corrected chi connectivity index (χ0v) is 10.8. The lowest BCUT2D eigenvalue weighted by molar-refractivity contribution is 0.715. The maximum absolute atomic E-state index is 6.15. The van der Waals surface area contributed by atoms with E-state index in [0.29, 0.717) is 12.2 Å². The molecular weight excluding hydrogens is 232 g/mol. The van der Waals surface area contributed by atoms with E-state index in [2.05, 4.69) is 9.97 Å². The SMILES string of the molecule is Cc1cnc(N)c(C(N)Cc2nc(C)cs2)c1. The fourth-order valence-electron chi connectivity index (χ4n) is 1.69. The third-order valence-electron chi connectivity index (χ3n) is 2.55. The Bertz CT molecular complexity index is 521. The van der Waals surface area contributed by atoms with Crippen LogP contribution in [0.4, 0.5) is 5.82 Å². The van der Waals surface area contributed by atoms with Crippen LogP contribution < -0.4 is 11.5 Å². The van der Waals surface area contributed by atoms with Gasteiger partial charge in [0.1, 0.15) is 5.82 Å². The minimum Gasteiger partial charge on any atom is -0.383 e. The van der Waals surface area contributed by atoms with Gasteiger partial charge in [0.2, 0.25) is 0 Å². The molecule has 0 saturated carbocycles. The average molecular weight is 248 g/mol. The van der Waals surface area contributed by atoms with Crippen molar-refractivity contribution < 1.29 is 0 Å². The summed E-state index contributed by atoms with van der Waals surface area (Å²) in [5, 5.41) is 3.07. The van der Waals surface area contributed by atoms with E-state index in [1.54, 1.807) is 17.5 Å². The zero-order valence-electron chi connectivity index (χ0n) is 9.97. The first-order valence-electron chi connectivity index (χ1n) is 5.45. The number of pyridine rings is 1. The van der Waals surface area contributed by atoms with Crippen LogP contribution in [-0.2, 0) is 6.42 Å². The largest absolute Gasteiger partial charge is 0.383 e. The molecule has 2 aromatic heterocycles. The highest BCUT2D eigenvalue weighted by molar-refractivity contribution is 7.09. The van der Waals surface area contributed by atoms with E-state index in [0.717, 1.165) is 21.8 Å². The maximum atomic E-state index is 6.15. The number of hydrogen-bond acceptors (Lipinski definition) is 5. The number of nitrogens with two attached hydrogens (primary N) is 2. The summed E-state index contributed by atoms with van der Waals surface area (Å²) in [6.45, 7) is 3.96. The van der Waals surface area contributed by atoms with Crippen molar-refractivity contribution in [3.05, 3.63) is 39.5 Å². The molecule has 0 aliphatic heterocycles. The first-order chi connectivity index (χ1) is 8.06. The highest BCUT2D eigenvalue weighted by atomic mass is 32.1. The van der Waals surface area contributed by atoms with Gasteiger partial charge in [-0.2, -0.15) is 0 Å². The van der Waals surface area contributed by atoms with Crippen LogP contribution in [0.5, 0.6) is 0 Å². The van der Waals surface area contributed by atoms with E-state index < -0.39 is 0 Å². The van der Waals surface area contributed by atoms with Crippen LogP contribution in [-0.4, -0.2) is 9.97 Å². The summed E-state index contributed by atoms with van der Waals surface area (Å²) in [5.74, 6) is 0.511. The van der Waals surface area contributed by atoms with Gasteiger partial charge in [0.15, 0.2) is 0 Å². The van der Waals surface area contributed by atoms with Crippen LogP contribution in [0.3, 0.4) is 0 Å². The number of anilines is 1. The molecule has 90 valence electrons. The van der Waals surface area contributed by atoms with Crippen molar-refractivity contribution in [3.8, 4) is 0 Å². The predicted molar refractivity (Wildman–Crippen MR) is 70.9 cm³/mol. The smallest absolute Gasteiger partial charge is 0.128 e. The molecule has 0 spiro atoms. The van der Waals surface area contributed by atoms with Crippen molar-refractivity contribution in [1.82, 2.24) is 9.97 Å². The van der Waals surface area contributed by atoms with Crippen LogP contribution in [0.2, 0.25) is 0 Å². The lowest BCUT2D eigenvalue weighted by atomic mass is 10.0. The van der Waals surface area contributed by atoms with E-state index in [4.69, 9.17) is 11.5 Å². The van der Waals surface area contributed by atoms with Gasteiger partial charge >= 0.3 is 0 Å². The van der Waals surface area contributed by atoms with Gasteiger partial charge in [-0.3, -0.25) is 0 Å². The number of aryl methyl sites for hydroxylation is 2. The Morgan fingerprint density at radius 2 is 2.18 bits per heavy atom. The number of nitrogens with zero attached hydrogens (tertiary/aromatic N) is 2. The second-order valence-electron chi connectivity index (χ2n) is 4.18. The molecular formula is C12H16N4S. The molecule has 17 heavy (non-hydrogen) atoms. The van der Waals surface area contributed by atoms with E-state index in [1.807, 2.05) is 25.3 Å². The van der Waals surface area contributed by atoms with E-state index in [1.165, 1.54) is 0 Å². The molecule has 0 saturated heterocycles. The Morgan fingerprint density at radius 1 is 1.41 bits per heavy atom. The van der Waals surface area contributed by atoms with E-state index in [9.17, 15) is 0 Å². The Hall–Kier alpha value is -1.46. The quantitative estimate of drug-likeness (QED) is 0.870. The van der Waals surface area contributed by atoms with Gasteiger partial charge in [-0.05, 0) is 25.5 Å². The molecule has 5 heteroatoms. The highest BCUT2D eigenvalue weighted by Gasteiger charge is 2.13. The molecule has 2 heterocycles. The average Bonchev–Trinajstić information content (AvgIpc) is 2.67. The van der Waals surface area contributed by atoms with Gasteiger partial charge in [-0.1, -0.05) is 0 Å². The summed E-state index contributed by atoms with van der Waals surface area (Å²) in [4.78, 5) is 8.53. The van der Waals surface area contributed by atoms with Crippen molar-refractivity contribution in [2.24, 2.45) is 5.73 Å². The minimum absolute atomic E-state index is 0.145. The van der Waals surface area contributed by atoms with Gasteiger partial charge in [0.05, 0.1) is 5.01 Å². The van der Waals surface area contributed by atoms with Gasteiger partial charge < -0.3 is 11.5 Å². The molecule has 4 N–H and O–H groups in total. The number of hydrogen-bond donors (Lipinski definition) is 2. The van der Waals surface area contributed by atoms with Crippen LogP contribution in [0.1, 0.15) is 27.9 Å². The minimum atomic E-state index is -0.145. The van der Waals surface area contributed by atoms with Crippen LogP contribution >= 0.6 is 11.3 Å². The highest BCUT2D eigenvalue weighted by Crippen LogP contribution is 2.22. The lowest BCUT2D eigenvalue weighted by Gasteiger charge is -2.13. The van der Waals surface area contributed by atoms with Crippen molar-refractivity contribution in [3.63, 3.8) is 0 Å². The molecule has 0 aromatic carbocycles. The first kappa shape index (κ1) is 12.0. The fraction of sp³-hybridized carbons (Fsp3) is 0.333. The third-order valence-corrected chi connectivity index (χ3v) is 3.54. The topological polar surface area (TPSA) is 77.8 Å². The maximum Gasteiger partial charge on any atom is 0.128 e. The van der Waals surface area contributed by atoms with Gasteiger partial charge in [-0.25, -0.2) is 9.97 Å². The van der Waals surface area contributed by atoms with Crippen LogP contribution in [0, 0.1) is 13.8 Å². The second-order valence-corrected chi connectivity index (χ2v) is 5.12. The number of aromatic nitrogens is 2. The predicted octanol–water partition coefficient (Wildman–Crippen LogP) is 1.98. The Balaban J connectivity index is 2.19. The summed E-state index contributed by atoms with van der Waals surface area (Å²) in [6.07, 6.45) is 2.45. The summed E-state index contributed by atoms with van der Waals surface area (Å²) in [7, 11) is 0. The number of nitrogen functional groups attached to an aromatic ring is 1. The number of thiazole rings is 1. The summed E-state index contributed by atoms with van der Waals surface area (Å²) in [5.41, 5.74) is 15.0. The normalized spacial score (nSPS) is 12.6. The molecule has 1 atom stereocenters. The molecule has 1 unspecified atom stereocenters. The Labute approximate surface area is 105 Å². The molecule has 2 rings (SSSR count). The Morgan fingerprint density at radius 3 is 2.82 bits per heavy atom. The molecule has 0 bridgehead atoms. The van der Waals surface area contributed by atoms with Crippen molar-refractivity contribution >= 4 is 17.2 Å². The standard InChI is InChI=1S/C12H16N4S/c1-7-3-9(12(14)15-5-7)10(13)4-11-16-8(2)6-17-11/h3,5-6,10H,4,13H2,1-2H3,(H2,14,15). The summed E-state index contributed by atoms with van der Waals surface area (Å²) >= 11 is 1.63.